The van der Waals surface area contributed by atoms with Crippen molar-refractivity contribution in [1.82, 2.24) is 4.42 Å². The summed E-state index contributed by atoms with van der Waals surface area (Å²) in [5.74, 6) is 0.147. The first-order valence-corrected chi connectivity index (χ1v) is 6.17. The molecule has 3 amide bonds. The maximum Gasteiger partial charge on any atom is 0.445 e. The number of carbonyl (C=O) groups is 2. The lowest BCUT2D eigenvalue weighted by Crippen LogP contribution is -2.61. The third-order valence-electron chi connectivity index (χ3n) is 3.57. The predicted molar refractivity (Wildman–Crippen MR) is 67.0 cm³/mol. The van der Waals surface area contributed by atoms with Crippen molar-refractivity contribution in [1.29, 1.82) is 0 Å². The molecule has 0 aliphatic carbocycles. The van der Waals surface area contributed by atoms with Crippen molar-refractivity contribution in [3.8, 4) is 0 Å². The summed E-state index contributed by atoms with van der Waals surface area (Å²) in [6.45, 7) is 7.96. The maximum absolute atomic E-state index is 12.3. The summed E-state index contributed by atoms with van der Waals surface area (Å²) in [5, 5.41) is 0. The van der Waals surface area contributed by atoms with Gasteiger partial charge in [-0.1, -0.05) is 13.8 Å². The highest BCUT2D eigenvalue weighted by molar-refractivity contribution is 6.23. The van der Waals surface area contributed by atoms with Crippen LogP contribution in [0.2, 0.25) is 0 Å². The fourth-order valence-electron chi connectivity index (χ4n) is 2.01. The number of likely N-dealkylation sites (N-methyl/N-ethyl adjacent to an activating group) is 1. The Hall–Kier alpha value is -0.870. The van der Waals surface area contributed by atoms with Crippen LogP contribution in [-0.2, 0) is 4.79 Å². The molecular weight excluding hydrogens is 240 g/mol. The minimum Gasteiger partial charge on any atom is -0.225 e. The van der Waals surface area contributed by atoms with Crippen molar-refractivity contribution in [3.05, 3.63) is 11.3 Å². The van der Waals surface area contributed by atoms with Gasteiger partial charge < -0.3 is 0 Å². The van der Waals surface area contributed by atoms with Crippen LogP contribution in [0.3, 0.4) is 0 Å². The van der Waals surface area contributed by atoms with Gasteiger partial charge in [-0.15, -0.1) is 0 Å². The maximum atomic E-state index is 12.3. The number of carbonyl (C=O) groups excluding carboxylic acids is 2. The van der Waals surface area contributed by atoms with Crippen molar-refractivity contribution < 1.29 is 14.1 Å². The number of hydrogen-bond acceptors (Lipinski definition) is 2. The number of nitrogens with zero attached hydrogens (tertiary/aromatic N) is 2. The van der Waals surface area contributed by atoms with Crippen LogP contribution in [0.25, 0.3) is 0 Å². The third kappa shape index (κ3) is 2.24. The molecule has 0 fully saturated rings. The number of hydrogen-bond donors (Lipinski definition) is 0. The average molecular weight is 260 g/mol. The Morgan fingerprint density at radius 2 is 1.88 bits per heavy atom. The lowest BCUT2D eigenvalue weighted by Gasteiger charge is -2.37. The zero-order chi connectivity index (χ0) is 13.4. The van der Waals surface area contributed by atoms with E-state index < -0.39 is 0 Å². The molecule has 1 aliphatic heterocycles. The molecular formula is C12H20ClN2O2+. The summed E-state index contributed by atoms with van der Waals surface area (Å²) < 4.78 is 0.806. The molecule has 17 heavy (non-hydrogen) atoms. The van der Waals surface area contributed by atoms with E-state index in [4.69, 9.17) is 11.8 Å². The number of urea groups is 1. The van der Waals surface area contributed by atoms with Gasteiger partial charge in [-0.25, -0.2) is 9.59 Å². The minimum absolute atomic E-state index is 0.148. The molecule has 1 aliphatic rings. The monoisotopic (exact) mass is 259 g/mol. The SMILES string of the molecule is CCC(C)C[N+]1(C)C(=O)C(C)=C(C)N(Cl)C1=O. The molecule has 0 N–H and O–H groups in total. The van der Waals surface area contributed by atoms with Gasteiger partial charge >= 0.3 is 11.9 Å². The number of quaternary nitrogens is 1. The molecule has 2 atom stereocenters. The van der Waals surface area contributed by atoms with Gasteiger partial charge in [-0.3, -0.25) is 0 Å². The lowest BCUT2D eigenvalue weighted by molar-refractivity contribution is -0.758. The van der Waals surface area contributed by atoms with Crippen LogP contribution in [-0.4, -0.2) is 34.4 Å². The second-order valence-electron chi connectivity index (χ2n) is 4.97. The van der Waals surface area contributed by atoms with Crippen LogP contribution in [0.15, 0.2) is 11.3 Å². The molecule has 5 heteroatoms. The fraction of sp³-hybridized carbons (Fsp3) is 0.667. The van der Waals surface area contributed by atoms with Crippen LogP contribution < -0.4 is 0 Å². The number of amides is 3. The molecule has 4 nitrogen and oxygen atoms in total. The van der Waals surface area contributed by atoms with E-state index in [0.29, 0.717) is 23.7 Å². The quantitative estimate of drug-likeness (QED) is 0.577. The number of halogens is 1. The van der Waals surface area contributed by atoms with E-state index in [2.05, 4.69) is 0 Å². The van der Waals surface area contributed by atoms with Gasteiger partial charge in [0.15, 0.2) is 0 Å². The van der Waals surface area contributed by atoms with Crippen LogP contribution in [0.4, 0.5) is 4.79 Å². The smallest absolute Gasteiger partial charge is 0.225 e. The van der Waals surface area contributed by atoms with Crippen LogP contribution in [0.1, 0.15) is 34.1 Å². The number of imide groups is 1. The summed E-state index contributed by atoms with van der Waals surface area (Å²) in [6, 6.07) is -0.361. The van der Waals surface area contributed by atoms with Gasteiger partial charge in [0.2, 0.25) is 0 Å². The second kappa shape index (κ2) is 4.78. The van der Waals surface area contributed by atoms with Crippen molar-refractivity contribution >= 4 is 23.7 Å². The van der Waals surface area contributed by atoms with Crippen molar-refractivity contribution in [2.45, 2.75) is 34.1 Å². The molecule has 0 aromatic carbocycles. The molecule has 0 bridgehead atoms. The highest BCUT2D eigenvalue weighted by Crippen LogP contribution is 2.29. The first-order valence-electron chi connectivity index (χ1n) is 5.84. The summed E-state index contributed by atoms with van der Waals surface area (Å²) >= 11 is 5.95. The Kier molecular flexibility index (Phi) is 3.99. The average Bonchev–Trinajstić information content (AvgIpc) is 2.32. The summed E-state index contributed by atoms with van der Waals surface area (Å²) in [5.41, 5.74) is 1.09. The summed E-state index contributed by atoms with van der Waals surface area (Å²) in [7, 11) is 1.64. The molecule has 0 aromatic rings. The van der Waals surface area contributed by atoms with E-state index in [1.807, 2.05) is 13.8 Å². The van der Waals surface area contributed by atoms with E-state index in [-0.39, 0.29) is 16.4 Å². The van der Waals surface area contributed by atoms with E-state index >= 15 is 0 Å². The Bertz CT molecular complexity index is 392. The largest absolute Gasteiger partial charge is 0.445 e. The van der Waals surface area contributed by atoms with Gasteiger partial charge in [0.25, 0.3) is 0 Å². The lowest BCUT2D eigenvalue weighted by atomic mass is 10.0. The minimum atomic E-state index is -0.361. The summed E-state index contributed by atoms with van der Waals surface area (Å²) in [4.78, 5) is 24.4. The first kappa shape index (κ1) is 14.2. The van der Waals surface area contributed by atoms with E-state index in [1.54, 1.807) is 20.9 Å². The van der Waals surface area contributed by atoms with Gasteiger partial charge in [0.1, 0.15) is 0 Å². The molecule has 0 spiro atoms. The third-order valence-corrected chi connectivity index (χ3v) is 3.97. The van der Waals surface area contributed by atoms with Crippen molar-refractivity contribution in [2.75, 3.05) is 13.6 Å². The topological polar surface area (TPSA) is 37.4 Å². The highest BCUT2D eigenvalue weighted by Gasteiger charge is 2.49. The number of rotatable bonds is 3. The Morgan fingerprint density at radius 1 is 1.35 bits per heavy atom. The predicted octanol–water partition coefficient (Wildman–Crippen LogP) is 2.89. The highest BCUT2D eigenvalue weighted by atomic mass is 35.5. The Labute approximate surface area is 108 Å². The molecule has 1 rings (SSSR count). The molecule has 0 saturated heterocycles. The van der Waals surface area contributed by atoms with Crippen molar-refractivity contribution in [2.24, 2.45) is 5.92 Å². The molecule has 0 aromatic heterocycles. The molecule has 0 saturated carbocycles. The molecule has 96 valence electrons. The fourth-order valence-corrected chi connectivity index (χ4v) is 2.30. The first-order chi connectivity index (χ1) is 7.75. The Morgan fingerprint density at radius 3 is 2.35 bits per heavy atom. The van der Waals surface area contributed by atoms with Gasteiger partial charge in [-0.2, -0.15) is 8.90 Å². The van der Waals surface area contributed by atoms with Crippen LogP contribution in [0, 0.1) is 5.92 Å². The van der Waals surface area contributed by atoms with Crippen LogP contribution >= 0.6 is 11.8 Å². The standard InChI is InChI=1S/C12H20ClN2O2/c1-6-8(2)7-15(5)11(16)9(3)10(4)14(13)12(15)17/h8H,6-7H2,1-5H3/q+1. The van der Waals surface area contributed by atoms with E-state index in [9.17, 15) is 9.59 Å². The molecule has 1 heterocycles. The second-order valence-corrected chi connectivity index (χ2v) is 5.30. The zero-order valence-corrected chi connectivity index (χ0v) is 11.8. The van der Waals surface area contributed by atoms with Gasteiger partial charge in [0, 0.05) is 17.7 Å². The Balaban J connectivity index is 3.17. The van der Waals surface area contributed by atoms with Gasteiger partial charge in [-0.05, 0) is 20.3 Å². The van der Waals surface area contributed by atoms with E-state index in [0.717, 1.165) is 10.8 Å². The summed E-state index contributed by atoms with van der Waals surface area (Å²) in [6.07, 6.45) is 0.929. The zero-order valence-electron chi connectivity index (χ0n) is 11.1. The van der Waals surface area contributed by atoms with Crippen LogP contribution in [0.5, 0.6) is 0 Å². The number of allylic oxidation sites excluding steroid dienone is 1. The van der Waals surface area contributed by atoms with Gasteiger partial charge in [0.05, 0.1) is 24.9 Å². The van der Waals surface area contributed by atoms with Crippen molar-refractivity contribution in [3.63, 3.8) is 0 Å². The van der Waals surface area contributed by atoms with E-state index in [1.165, 1.54) is 0 Å². The molecule has 2 unspecified atom stereocenters. The molecule has 0 radical (unpaired) electrons. The normalized spacial score (nSPS) is 27.8.